The second kappa shape index (κ2) is 4.56. The molecule has 0 spiro atoms. The van der Waals surface area contributed by atoms with E-state index in [2.05, 4.69) is 0 Å². The molecule has 1 atom stereocenters. The zero-order valence-electron chi connectivity index (χ0n) is 7.93. The third-order valence-electron chi connectivity index (χ3n) is 1.99. The number of Topliss-reactive ketones (excluding diaryl/α,β-unsaturated/α-hetero) is 1. The van der Waals surface area contributed by atoms with Gasteiger partial charge in [-0.25, -0.2) is 0 Å². The van der Waals surface area contributed by atoms with Crippen molar-refractivity contribution in [2.45, 2.75) is 13.3 Å². The van der Waals surface area contributed by atoms with Crippen molar-refractivity contribution < 1.29 is 14.7 Å². The van der Waals surface area contributed by atoms with Crippen LogP contribution in [0.2, 0.25) is 0 Å². The lowest BCUT2D eigenvalue weighted by Crippen LogP contribution is -2.15. The average molecular weight is 192 g/mol. The summed E-state index contributed by atoms with van der Waals surface area (Å²) in [6, 6.07) is 8.74. The second-order valence-electron chi connectivity index (χ2n) is 3.23. The fraction of sp³-hybridized carbons (Fsp3) is 0.273. The fourth-order valence-electron chi connectivity index (χ4n) is 1.24. The predicted molar refractivity (Wildman–Crippen MR) is 52.2 cm³/mol. The van der Waals surface area contributed by atoms with Crippen LogP contribution in [0.3, 0.4) is 0 Å². The molecule has 0 saturated heterocycles. The molecule has 0 unspecified atom stereocenters. The first kappa shape index (κ1) is 10.4. The number of benzene rings is 1. The van der Waals surface area contributed by atoms with Crippen LogP contribution >= 0.6 is 0 Å². The Kier molecular flexibility index (Phi) is 3.40. The minimum atomic E-state index is -0.943. The Morgan fingerprint density at radius 1 is 1.29 bits per heavy atom. The van der Waals surface area contributed by atoms with Gasteiger partial charge in [-0.3, -0.25) is 9.59 Å². The highest BCUT2D eigenvalue weighted by molar-refractivity contribution is 5.99. The van der Waals surface area contributed by atoms with E-state index < -0.39 is 11.9 Å². The van der Waals surface area contributed by atoms with Gasteiger partial charge in [0.25, 0.3) is 0 Å². The fourth-order valence-corrected chi connectivity index (χ4v) is 1.24. The summed E-state index contributed by atoms with van der Waals surface area (Å²) in [5, 5.41) is 8.53. The lowest BCUT2D eigenvalue weighted by atomic mass is 9.97. The van der Waals surface area contributed by atoms with Gasteiger partial charge in [0.2, 0.25) is 0 Å². The summed E-state index contributed by atoms with van der Waals surface area (Å²) >= 11 is 0. The molecule has 1 aromatic rings. The molecule has 0 aliphatic carbocycles. The van der Waals surface area contributed by atoms with Crippen LogP contribution in [0, 0.1) is 5.92 Å². The highest BCUT2D eigenvalue weighted by Gasteiger charge is 2.17. The molecule has 0 aliphatic rings. The van der Waals surface area contributed by atoms with Gasteiger partial charge in [-0.2, -0.15) is 0 Å². The van der Waals surface area contributed by atoms with Gasteiger partial charge in [-0.05, 0) is 0 Å². The topological polar surface area (TPSA) is 54.4 Å². The van der Waals surface area contributed by atoms with E-state index in [-0.39, 0.29) is 12.2 Å². The Labute approximate surface area is 82.4 Å². The molecule has 1 rings (SSSR count). The standard InChI is InChI=1S/C11H12O3/c1-8(7-10(12)13)11(14)9-5-3-2-4-6-9/h2-6,8H,7H2,1H3,(H,12,13)/t8-/m0/s1. The number of rotatable bonds is 4. The zero-order chi connectivity index (χ0) is 10.6. The van der Waals surface area contributed by atoms with Crippen LogP contribution in [-0.4, -0.2) is 16.9 Å². The second-order valence-corrected chi connectivity index (χ2v) is 3.23. The normalized spacial score (nSPS) is 12.1. The van der Waals surface area contributed by atoms with Crippen LogP contribution in [0.25, 0.3) is 0 Å². The van der Waals surface area contributed by atoms with E-state index in [9.17, 15) is 9.59 Å². The van der Waals surface area contributed by atoms with Crippen molar-refractivity contribution in [2.75, 3.05) is 0 Å². The molecule has 0 saturated carbocycles. The van der Waals surface area contributed by atoms with E-state index in [1.54, 1.807) is 31.2 Å². The van der Waals surface area contributed by atoms with Gasteiger partial charge >= 0.3 is 5.97 Å². The van der Waals surface area contributed by atoms with Crippen LogP contribution in [0.4, 0.5) is 0 Å². The predicted octanol–water partition coefficient (Wildman–Crippen LogP) is 1.98. The molecule has 14 heavy (non-hydrogen) atoms. The van der Waals surface area contributed by atoms with Gasteiger partial charge in [0.15, 0.2) is 5.78 Å². The summed E-state index contributed by atoms with van der Waals surface area (Å²) in [6.45, 7) is 1.63. The number of ketones is 1. The number of hydrogen-bond donors (Lipinski definition) is 1. The summed E-state index contributed by atoms with van der Waals surface area (Å²) < 4.78 is 0. The highest BCUT2D eigenvalue weighted by Crippen LogP contribution is 2.11. The monoisotopic (exact) mass is 192 g/mol. The molecule has 74 valence electrons. The van der Waals surface area contributed by atoms with Gasteiger partial charge in [-0.1, -0.05) is 37.3 Å². The molecule has 0 aromatic heterocycles. The Bertz CT molecular complexity index is 330. The summed E-state index contributed by atoms with van der Waals surface area (Å²) in [5.41, 5.74) is 0.571. The Morgan fingerprint density at radius 3 is 2.36 bits per heavy atom. The first-order chi connectivity index (χ1) is 6.61. The molecule has 0 bridgehead atoms. The Hall–Kier alpha value is -1.64. The van der Waals surface area contributed by atoms with Gasteiger partial charge < -0.3 is 5.11 Å². The van der Waals surface area contributed by atoms with Crippen molar-refractivity contribution in [1.82, 2.24) is 0 Å². The number of carbonyl (C=O) groups excluding carboxylic acids is 1. The molecule has 0 aliphatic heterocycles. The van der Waals surface area contributed by atoms with Crippen molar-refractivity contribution in [3.8, 4) is 0 Å². The molecule has 0 amide bonds. The maximum Gasteiger partial charge on any atom is 0.304 e. The quantitative estimate of drug-likeness (QED) is 0.742. The van der Waals surface area contributed by atoms with E-state index in [0.29, 0.717) is 5.56 Å². The van der Waals surface area contributed by atoms with Gasteiger partial charge in [-0.15, -0.1) is 0 Å². The third-order valence-corrected chi connectivity index (χ3v) is 1.99. The molecular weight excluding hydrogens is 180 g/mol. The van der Waals surface area contributed by atoms with Crippen molar-refractivity contribution in [3.05, 3.63) is 35.9 Å². The number of carboxylic acid groups (broad SMARTS) is 1. The van der Waals surface area contributed by atoms with E-state index >= 15 is 0 Å². The van der Waals surface area contributed by atoms with E-state index in [4.69, 9.17) is 5.11 Å². The highest BCUT2D eigenvalue weighted by atomic mass is 16.4. The van der Waals surface area contributed by atoms with Crippen LogP contribution in [0.15, 0.2) is 30.3 Å². The van der Waals surface area contributed by atoms with Gasteiger partial charge in [0.05, 0.1) is 6.42 Å². The molecular formula is C11H12O3. The Morgan fingerprint density at radius 2 is 1.86 bits per heavy atom. The largest absolute Gasteiger partial charge is 0.481 e. The molecule has 1 aromatic carbocycles. The van der Waals surface area contributed by atoms with E-state index in [1.165, 1.54) is 0 Å². The minimum absolute atomic E-state index is 0.117. The van der Waals surface area contributed by atoms with Crippen LogP contribution in [0.5, 0.6) is 0 Å². The van der Waals surface area contributed by atoms with Crippen LogP contribution < -0.4 is 0 Å². The number of hydrogen-bond acceptors (Lipinski definition) is 2. The maximum absolute atomic E-state index is 11.6. The van der Waals surface area contributed by atoms with Crippen molar-refractivity contribution in [2.24, 2.45) is 5.92 Å². The molecule has 0 fully saturated rings. The van der Waals surface area contributed by atoms with Crippen LogP contribution in [-0.2, 0) is 4.79 Å². The average Bonchev–Trinajstić information content (AvgIpc) is 2.17. The third kappa shape index (κ3) is 2.69. The molecule has 0 radical (unpaired) electrons. The number of carboxylic acids is 1. The smallest absolute Gasteiger partial charge is 0.304 e. The van der Waals surface area contributed by atoms with E-state index in [1.807, 2.05) is 6.07 Å². The number of aliphatic carboxylic acids is 1. The first-order valence-electron chi connectivity index (χ1n) is 4.42. The van der Waals surface area contributed by atoms with Crippen molar-refractivity contribution >= 4 is 11.8 Å². The maximum atomic E-state index is 11.6. The van der Waals surface area contributed by atoms with Crippen LogP contribution in [0.1, 0.15) is 23.7 Å². The summed E-state index contributed by atoms with van der Waals surface area (Å²) in [7, 11) is 0. The molecule has 3 nitrogen and oxygen atoms in total. The summed E-state index contributed by atoms with van der Waals surface area (Å²) in [4.78, 5) is 22.0. The van der Waals surface area contributed by atoms with Gasteiger partial charge in [0.1, 0.15) is 0 Å². The first-order valence-corrected chi connectivity index (χ1v) is 4.42. The summed E-state index contributed by atoms with van der Waals surface area (Å²) in [6.07, 6.45) is -0.117. The van der Waals surface area contributed by atoms with Crippen molar-refractivity contribution in [1.29, 1.82) is 0 Å². The lowest BCUT2D eigenvalue weighted by molar-refractivity contribution is -0.137. The molecule has 3 heteroatoms. The van der Waals surface area contributed by atoms with Crippen molar-refractivity contribution in [3.63, 3.8) is 0 Å². The summed E-state index contributed by atoms with van der Waals surface area (Å²) in [5.74, 6) is -1.52. The van der Waals surface area contributed by atoms with Gasteiger partial charge in [0, 0.05) is 11.5 Å². The number of carbonyl (C=O) groups is 2. The van der Waals surface area contributed by atoms with E-state index in [0.717, 1.165) is 0 Å². The lowest BCUT2D eigenvalue weighted by Gasteiger charge is -2.06. The SMILES string of the molecule is C[C@@H](CC(=O)O)C(=O)c1ccccc1. The molecule has 0 heterocycles. The minimum Gasteiger partial charge on any atom is -0.481 e. The molecule has 1 N–H and O–H groups in total. The zero-order valence-corrected chi connectivity index (χ0v) is 7.93. The Balaban J connectivity index is 2.71.